The molecule has 4 heteroatoms. The van der Waals surface area contributed by atoms with Crippen LogP contribution in [-0.2, 0) is 9.59 Å². The molecule has 2 atom stereocenters. The maximum Gasteiger partial charge on any atom is 0.224 e. The molecule has 0 rings (SSSR count). The molecule has 0 aliphatic heterocycles. The van der Waals surface area contributed by atoms with Crippen molar-refractivity contribution in [3.05, 3.63) is 0 Å². The third-order valence-corrected chi connectivity index (χ3v) is 4.70. The fourth-order valence-electron chi connectivity index (χ4n) is 3.25. The van der Waals surface area contributed by atoms with Crippen molar-refractivity contribution in [3.63, 3.8) is 0 Å². The van der Waals surface area contributed by atoms with E-state index in [4.69, 9.17) is 0 Å². The van der Waals surface area contributed by atoms with Crippen molar-refractivity contribution in [2.45, 2.75) is 120 Å². The fourth-order valence-corrected chi connectivity index (χ4v) is 3.25. The molecule has 172 valence electrons. The Morgan fingerprint density at radius 2 is 1.28 bits per heavy atom. The molecule has 4 nitrogen and oxygen atoms in total. The smallest absolute Gasteiger partial charge is 0.224 e. The first-order chi connectivity index (χ1) is 12.7. The Morgan fingerprint density at radius 1 is 0.759 bits per heavy atom. The average Bonchev–Trinajstić information content (AvgIpc) is 2.42. The van der Waals surface area contributed by atoms with Gasteiger partial charge in [0.05, 0.1) is 12.0 Å². The molecule has 0 aliphatic carbocycles. The molecular formula is C25H50N2O2. The van der Waals surface area contributed by atoms with E-state index in [9.17, 15) is 9.59 Å². The highest BCUT2D eigenvalue weighted by Gasteiger charge is 2.31. The molecular weight excluding hydrogens is 360 g/mol. The van der Waals surface area contributed by atoms with Crippen molar-refractivity contribution in [2.75, 3.05) is 6.54 Å². The molecule has 29 heavy (non-hydrogen) atoms. The molecule has 0 aromatic heterocycles. The standard InChI is InChI=1S/C25H50N2O2/c1-22(2,3)14-13-19(20(28)16-24(7,8)9)27-21(29)18(15-23(4,5)6)17-26-25(10,11)12/h18-19,26H,13-17H2,1-12H3,(H,27,29). The molecule has 0 aromatic carbocycles. The van der Waals surface area contributed by atoms with E-state index in [1.54, 1.807) is 0 Å². The maximum absolute atomic E-state index is 13.2. The second-order valence-corrected chi connectivity index (χ2v) is 13.5. The van der Waals surface area contributed by atoms with Crippen molar-refractivity contribution in [2.24, 2.45) is 22.2 Å². The number of carbonyl (C=O) groups is 2. The summed E-state index contributed by atoms with van der Waals surface area (Å²) in [5.41, 5.74) is 0.0337. The molecule has 0 aromatic rings. The maximum atomic E-state index is 13.2. The summed E-state index contributed by atoms with van der Waals surface area (Å²) in [5, 5.41) is 6.62. The van der Waals surface area contributed by atoms with Gasteiger partial charge in [-0.25, -0.2) is 0 Å². The van der Waals surface area contributed by atoms with Gasteiger partial charge in [0.15, 0.2) is 5.78 Å². The SMILES string of the molecule is CC(C)(C)CCC(NC(=O)C(CNC(C)(C)C)CC(C)(C)C)C(=O)CC(C)(C)C. The number of rotatable bonds is 9. The molecule has 0 saturated heterocycles. The number of amides is 1. The summed E-state index contributed by atoms with van der Waals surface area (Å²) in [7, 11) is 0. The van der Waals surface area contributed by atoms with Crippen molar-refractivity contribution in [3.8, 4) is 0 Å². The molecule has 1 amide bonds. The predicted octanol–water partition coefficient (Wildman–Crippen LogP) is 5.74. The van der Waals surface area contributed by atoms with Gasteiger partial charge in [-0.05, 0) is 56.3 Å². The second kappa shape index (κ2) is 10.4. The van der Waals surface area contributed by atoms with E-state index in [1.807, 2.05) is 0 Å². The van der Waals surface area contributed by atoms with Crippen LogP contribution in [-0.4, -0.2) is 29.8 Å². The van der Waals surface area contributed by atoms with E-state index < -0.39 is 6.04 Å². The monoisotopic (exact) mass is 410 g/mol. The minimum absolute atomic E-state index is 0.00200. The molecule has 0 aliphatic rings. The van der Waals surface area contributed by atoms with Crippen LogP contribution in [0.2, 0.25) is 0 Å². The zero-order chi connectivity index (χ0) is 23.3. The first kappa shape index (κ1) is 28.1. The second-order valence-electron chi connectivity index (χ2n) is 13.5. The highest BCUT2D eigenvalue weighted by molar-refractivity contribution is 5.90. The van der Waals surface area contributed by atoms with Gasteiger partial charge >= 0.3 is 0 Å². The Balaban J connectivity index is 5.41. The van der Waals surface area contributed by atoms with Gasteiger partial charge in [-0.1, -0.05) is 62.3 Å². The summed E-state index contributed by atoms with van der Waals surface area (Å²) in [6.45, 7) is 26.2. The van der Waals surface area contributed by atoms with Crippen LogP contribution in [0.15, 0.2) is 0 Å². The van der Waals surface area contributed by atoms with Crippen LogP contribution in [0.5, 0.6) is 0 Å². The van der Waals surface area contributed by atoms with Crippen molar-refractivity contribution in [1.82, 2.24) is 10.6 Å². The molecule has 0 bridgehead atoms. The lowest BCUT2D eigenvalue weighted by molar-refractivity contribution is -0.131. The first-order valence-corrected chi connectivity index (χ1v) is 11.3. The topological polar surface area (TPSA) is 58.2 Å². The number of nitrogens with one attached hydrogen (secondary N) is 2. The van der Waals surface area contributed by atoms with Crippen LogP contribution >= 0.6 is 0 Å². The van der Waals surface area contributed by atoms with Crippen LogP contribution in [0.1, 0.15) is 109 Å². The molecule has 0 spiro atoms. The van der Waals surface area contributed by atoms with E-state index in [0.717, 1.165) is 12.8 Å². The van der Waals surface area contributed by atoms with Crippen molar-refractivity contribution < 1.29 is 9.59 Å². The van der Waals surface area contributed by atoms with Gasteiger partial charge < -0.3 is 10.6 Å². The van der Waals surface area contributed by atoms with Crippen LogP contribution < -0.4 is 10.6 Å². The number of carbonyl (C=O) groups excluding carboxylic acids is 2. The third kappa shape index (κ3) is 15.6. The molecule has 2 N–H and O–H groups in total. The molecule has 0 saturated carbocycles. The Hall–Kier alpha value is -0.900. The summed E-state index contributed by atoms with van der Waals surface area (Å²) in [5.74, 6) is -0.0139. The molecule has 0 heterocycles. The van der Waals surface area contributed by atoms with Gasteiger partial charge in [0.1, 0.15) is 0 Å². The van der Waals surface area contributed by atoms with Gasteiger partial charge in [0, 0.05) is 18.5 Å². The largest absolute Gasteiger partial charge is 0.346 e. The number of Topliss-reactive ketones (excluding diaryl/α,β-unsaturated/α-hetero) is 1. The van der Waals surface area contributed by atoms with Crippen molar-refractivity contribution in [1.29, 1.82) is 0 Å². The summed E-state index contributed by atoms with van der Waals surface area (Å²) >= 11 is 0. The van der Waals surface area contributed by atoms with Crippen LogP contribution in [0.4, 0.5) is 0 Å². The molecule has 2 unspecified atom stereocenters. The summed E-state index contributed by atoms with van der Waals surface area (Å²) in [4.78, 5) is 26.2. The molecule has 0 radical (unpaired) electrons. The van der Waals surface area contributed by atoms with E-state index in [1.165, 1.54) is 0 Å². The Labute approximate surface area is 181 Å². The normalized spacial score (nSPS) is 15.7. The minimum atomic E-state index is -0.405. The van der Waals surface area contributed by atoms with Gasteiger partial charge in [0.25, 0.3) is 0 Å². The van der Waals surface area contributed by atoms with Crippen LogP contribution in [0, 0.1) is 22.2 Å². The van der Waals surface area contributed by atoms with E-state index in [0.29, 0.717) is 19.4 Å². The van der Waals surface area contributed by atoms with Gasteiger partial charge in [0.2, 0.25) is 5.91 Å². The fraction of sp³-hybridized carbons (Fsp3) is 0.920. The lowest BCUT2D eigenvalue weighted by Crippen LogP contribution is -2.49. The number of hydrogen-bond donors (Lipinski definition) is 2. The highest BCUT2D eigenvalue weighted by atomic mass is 16.2. The van der Waals surface area contributed by atoms with Gasteiger partial charge in [-0.15, -0.1) is 0 Å². The average molecular weight is 411 g/mol. The zero-order valence-corrected chi connectivity index (χ0v) is 21.5. The third-order valence-electron chi connectivity index (χ3n) is 4.70. The number of hydrogen-bond acceptors (Lipinski definition) is 3. The van der Waals surface area contributed by atoms with E-state index >= 15 is 0 Å². The Bertz CT molecular complexity index is 525. The summed E-state index contributed by atoms with van der Waals surface area (Å²) < 4.78 is 0. The summed E-state index contributed by atoms with van der Waals surface area (Å²) in [6, 6.07) is -0.405. The lowest BCUT2D eigenvalue weighted by atomic mass is 9.82. The van der Waals surface area contributed by atoms with Crippen LogP contribution in [0.25, 0.3) is 0 Å². The molecule has 0 fully saturated rings. The van der Waals surface area contributed by atoms with Crippen molar-refractivity contribution >= 4 is 11.7 Å². The first-order valence-electron chi connectivity index (χ1n) is 11.3. The van der Waals surface area contributed by atoms with E-state index in [2.05, 4.69) is 93.7 Å². The Kier molecular flexibility index (Phi) is 10.1. The summed E-state index contributed by atoms with van der Waals surface area (Å²) in [6.07, 6.45) is 2.85. The highest BCUT2D eigenvalue weighted by Crippen LogP contribution is 2.27. The van der Waals surface area contributed by atoms with E-state index in [-0.39, 0.29) is 39.4 Å². The Morgan fingerprint density at radius 3 is 1.66 bits per heavy atom. The predicted molar refractivity (Wildman–Crippen MR) is 125 cm³/mol. The quantitative estimate of drug-likeness (QED) is 0.509. The minimum Gasteiger partial charge on any atom is -0.346 e. The van der Waals surface area contributed by atoms with Gasteiger partial charge in [-0.2, -0.15) is 0 Å². The van der Waals surface area contributed by atoms with Crippen LogP contribution in [0.3, 0.4) is 0 Å². The van der Waals surface area contributed by atoms with Gasteiger partial charge in [-0.3, -0.25) is 9.59 Å². The zero-order valence-electron chi connectivity index (χ0n) is 21.5. The number of ketones is 1. The lowest BCUT2D eigenvalue weighted by Gasteiger charge is -2.31.